The minimum absolute atomic E-state index is 0.166. The lowest BCUT2D eigenvalue weighted by atomic mass is 9.59. The van der Waals surface area contributed by atoms with Crippen molar-refractivity contribution in [3.63, 3.8) is 0 Å². The molecule has 6 rings (SSSR count). The van der Waals surface area contributed by atoms with E-state index >= 15 is 8.78 Å². The number of carbonyl (C=O) groups is 1. The van der Waals surface area contributed by atoms with Crippen molar-refractivity contribution < 1.29 is 23.0 Å². The van der Waals surface area contributed by atoms with Crippen LogP contribution in [-0.4, -0.2) is 60.6 Å². The Hall–Kier alpha value is -3.72. The molecular weight excluding hydrogens is 488 g/mol. The Kier molecular flexibility index (Phi) is 5.98. The van der Waals surface area contributed by atoms with Gasteiger partial charge in [0.15, 0.2) is 0 Å². The number of hydrogen-bond acceptors (Lipinski definition) is 5. The van der Waals surface area contributed by atoms with Gasteiger partial charge in [-0.15, -0.1) is 0 Å². The Morgan fingerprint density at radius 2 is 1.87 bits per heavy atom. The first kappa shape index (κ1) is 24.6. The fourth-order valence-corrected chi connectivity index (χ4v) is 5.09. The Balaban J connectivity index is 1.29. The maximum Gasteiger partial charge on any atom is 0.255 e. The van der Waals surface area contributed by atoms with Gasteiger partial charge in [-0.25, -0.2) is 8.78 Å². The van der Waals surface area contributed by atoms with Gasteiger partial charge in [-0.3, -0.25) is 14.5 Å². The third kappa shape index (κ3) is 4.24. The van der Waals surface area contributed by atoms with Crippen LogP contribution in [0.5, 0.6) is 5.75 Å². The second-order valence-electron chi connectivity index (χ2n) is 10.4. The van der Waals surface area contributed by atoms with Crippen molar-refractivity contribution in [2.45, 2.75) is 30.8 Å². The van der Waals surface area contributed by atoms with Gasteiger partial charge >= 0.3 is 0 Å². The maximum atomic E-state index is 15.5. The van der Waals surface area contributed by atoms with Crippen LogP contribution < -0.4 is 4.74 Å². The minimum Gasteiger partial charge on any atom is -0.489 e. The average molecular weight is 514 g/mol. The van der Waals surface area contributed by atoms with Crippen molar-refractivity contribution in [3.05, 3.63) is 77.2 Å². The average Bonchev–Trinajstić information content (AvgIpc) is 3.59. The zero-order valence-corrected chi connectivity index (χ0v) is 21.5. The van der Waals surface area contributed by atoms with Crippen LogP contribution in [0.4, 0.5) is 8.78 Å². The molecule has 1 aliphatic heterocycles. The molecule has 0 unspecified atom stereocenters. The summed E-state index contributed by atoms with van der Waals surface area (Å²) >= 11 is 0. The molecule has 0 atom stereocenters. The zero-order chi connectivity index (χ0) is 26.6. The van der Waals surface area contributed by atoms with Crippen molar-refractivity contribution in [1.29, 1.82) is 0 Å². The molecule has 2 aromatic heterocycles. The van der Waals surface area contributed by atoms with Crippen LogP contribution in [0.2, 0.25) is 0 Å². The van der Waals surface area contributed by atoms with Crippen molar-refractivity contribution in [1.82, 2.24) is 19.7 Å². The van der Waals surface area contributed by atoms with E-state index in [4.69, 9.17) is 9.47 Å². The van der Waals surface area contributed by atoms with Crippen LogP contribution in [0.1, 0.15) is 34.5 Å². The van der Waals surface area contributed by atoms with Gasteiger partial charge in [0.2, 0.25) is 0 Å². The Morgan fingerprint density at radius 3 is 2.58 bits per heavy atom. The summed E-state index contributed by atoms with van der Waals surface area (Å²) in [7, 11) is 5.44. The molecule has 0 N–H and O–H groups in total. The van der Waals surface area contributed by atoms with E-state index < -0.39 is 17.0 Å². The normalized spacial score (nSPS) is 16.3. The summed E-state index contributed by atoms with van der Waals surface area (Å²) in [6, 6.07) is 9.54. The van der Waals surface area contributed by atoms with Gasteiger partial charge < -0.3 is 14.4 Å². The van der Waals surface area contributed by atoms with E-state index in [1.807, 2.05) is 15.7 Å². The molecular formula is C27H26B2F2N4O3. The predicted molar refractivity (Wildman–Crippen MR) is 143 cm³/mol. The molecule has 1 amide bonds. The number of aryl methyl sites for hydroxylation is 1. The molecule has 0 saturated heterocycles. The highest BCUT2D eigenvalue weighted by Crippen LogP contribution is 2.38. The quantitative estimate of drug-likeness (QED) is 0.267. The van der Waals surface area contributed by atoms with Gasteiger partial charge in [-0.1, -0.05) is 0 Å². The van der Waals surface area contributed by atoms with E-state index in [9.17, 15) is 4.79 Å². The largest absolute Gasteiger partial charge is 0.489 e. The summed E-state index contributed by atoms with van der Waals surface area (Å²) in [5.41, 5.74) is 2.51. The van der Waals surface area contributed by atoms with E-state index in [-0.39, 0.29) is 18.0 Å². The molecule has 1 fully saturated rings. The SMILES string of the molecule is BC1(B)c2ncccc2C(=O)N1Cc1c(F)cc(-c2ccc(OCCOC3CC3)c3nn(C)cc23)cc1F. The minimum atomic E-state index is -0.799. The number of carbonyl (C=O) groups excluding carboxylic acids is 1. The Labute approximate surface area is 220 Å². The first-order valence-corrected chi connectivity index (χ1v) is 12.7. The molecule has 7 nitrogen and oxygen atoms in total. The zero-order valence-electron chi connectivity index (χ0n) is 21.5. The van der Waals surface area contributed by atoms with Crippen LogP contribution in [0.3, 0.4) is 0 Å². The molecule has 3 heterocycles. The highest BCUT2D eigenvalue weighted by atomic mass is 19.1. The number of halogens is 2. The van der Waals surface area contributed by atoms with Crippen LogP contribution in [-0.2, 0) is 23.7 Å². The van der Waals surface area contributed by atoms with Crippen LogP contribution >= 0.6 is 0 Å². The van der Waals surface area contributed by atoms with Crippen LogP contribution in [0.15, 0.2) is 48.8 Å². The number of hydrogen-bond donors (Lipinski definition) is 0. The number of ether oxygens (including phenoxy) is 2. The second-order valence-corrected chi connectivity index (χ2v) is 10.4. The number of nitrogens with zero attached hydrogens (tertiary/aromatic N) is 4. The molecule has 0 radical (unpaired) electrons. The topological polar surface area (TPSA) is 69.5 Å². The smallest absolute Gasteiger partial charge is 0.255 e. The fraction of sp³-hybridized carbons (Fsp3) is 0.296. The number of aromatic nitrogens is 3. The van der Waals surface area contributed by atoms with E-state index in [0.717, 1.165) is 18.2 Å². The molecule has 2 aromatic carbocycles. The van der Waals surface area contributed by atoms with Gasteiger partial charge in [0.1, 0.15) is 45.2 Å². The molecule has 4 aromatic rings. The Morgan fingerprint density at radius 1 is 1.11 bits per heavy atom. The van der Waals surface area contributed by atoms with Crippen molar-refractivity contribution in [2.24, 2.45) is 7.05 Å². The molecule has 192 valence electrons. The summed E-state index contributed by atoms with van der Waals surface area (Å²) in [4.78, 5) is 18.9. The van der Waals surface area contributed by atoms with Gasteiger partial charge in [0.05, 0.1) is 30.5 Å². The molecule has 38 heavy (non-hydrogen) atoms. The summed E-state index contributed by atoms with van der Waals surface area (Å²) in [5, 5.41) is 4.43. The third-order valence-electron chi connectivity index (χ3n) is 7.28. The van der Waals surface area contributed by atoms with Crippen LogP contribution in [0.25, 0.3) is 22.0 Å². The lowest BCUT2D eigenvalue weighted by Crippen LogP contribution is -2.45. The molecule has 1 aliphatic carbocycles. The van der Waals surface area contributed by atoms with Gasteiger partial charge in [0.25, 0.3) is 5.91 Å². The highest BCUT2D eigenvalue weighted by molar-refractivity contribution is 6.42. The predicted octanol–water partition coefficient (Wildman–Crippen LogP) is 2.50. The monoisotopic (exact) mass is 514 g/mol. The summed E-state index contributed by atoms with van der Waals surface area (Å²) in [6.45, 7) is 0.679. The summed E-state index contributed by atoms with van der Waals surface area (Å²) < 4.78 is 44.1. The fourth-order valence-electron chi connectivity index (χ4n) is 5.09. The molecule has 0 bridgehead atoms. The number of rotatable bonds is 8. The molecule has 0 spiro atoms. The number of amides is 1. The van der Waals surface area contributed by atoms with Crippen molar-refractivity contribution in [3.8, 4) is 16.9 Å². The lowest BCUT2D eigenvalue weighted by molar-refractivity contribution is 0.0727. The van der Waals surface area contributed by atoms with Gasteiger partial charge in [0, 0.05) is 35.7 Å². The van der Waals surface area contributed by atoms with Crippen LogP contribution in [0, 0.1) is 11.6 Å². The number of benzene rings is 2. The van der Waals surface area contributed by atoms with E-state index in [0.29, 0.717) is 53.0 Å². The van der Waals surface area contributed by atoms with Gasteiger partial charge in [-0.2, -0.15) is 5.10 Å². The van der Waals surface area contributed by atoms with Gasteiger partial charge in [-0.05, 0) is 60.4 Å². The standard InChI is InChI=1S/C27H26B2F2N4O3/c1-34-13-19-17(6-7-23(24(19)33-34)38-10-9-37-16-4-5-16)15-11-21(30)20(22(31)12-15)14-35-26(36)18-3-2-8-32-25(18)27(35,28)29/h2-3,6-8,11-13,16H,4-5,9-10,14,28-29H2,1H3. The van der Waals surface area contributed by atoms with Crippen molar-refractivity contribution in [2.75, 3.05) is 13.2 Å². The highest BCUT2D eigenvalue weighted by Gasteiger charge is 2.44. The first-order valence-electron chi connectivity index (χ1n) is 12.7. The van der Waals surface area contributed by atoms with E-state index in [1.165, 1.54) is 17.0 Å². The molecule has 2 aliphatic rings. The third-order valence-corrected chi connectivity index (χ3v) is 7.28. The lowest BCUT2D eigenvalue weighted by Gasteiger charge is -2.32. The van der Waals surface area contributed by atoms with Crippen molar-refractivity contribution >= 4 is 32.5 Å². The molecule has 1 saturated carbocycles. The molecule has 11 heteroatoms. The number of fused-ring (bicyclic) bond motifs is 2. The second kappa shape index (κ2) is 9.23. The summed E-state index contributed by atoms with van der Waals surface area (Å²) in [5.74, 6) is -1.15. The first-order chi connectivity index (χ1) is 18.2. The number of pyridine rings is 1. The van der Waals surface area contributed by atoms with E-state index in [1.54, 1.807) is 48.4 Å². The summed E-state index contributed by atoms with van der Waals surface area (Å²) in [6.07, 6.45) is 5.97. The Bertz CT molecular complexity index is 1550. The maximum absolute atomic E-state index is 15.5. The van der Waals surface area contributed by atoms with E-state index in [2.05, 4.69) is 10.1 Å².